The Hall–Kier alpha value is -4.12. The van der Waals surface area contributed by atoms with Gasteiger partial charge in [-0.25, -0.2) is 9.78 Å². The molecule has 1 N–H and O–H groups in total. The van der Waals surface area contributed by atoms with Gasteiger partial charge in [0.15, 0.2) is 0 Å². The van der Waals surface area contributed by atoms with Crippen molar-refractivity contribution in [2.75, 3.05) is 84.0 Å². The Morgan fingerprint density at radius 2 is 1.59 bits per heavy atom. The van der Waals surface area contributed by atoms with Gasteiger partial charge in [0.2, 0.25) is 5.71 Å². The zero-order chi connectivity index (χ0) is 31.9. The fourth-order valence-electron chi connectivity index (χ4n) is 5.90. The molecule has 244 valence electrons. The lowest BCUT2D eigenvalue weighted by Gasteiger charge is -2.35. The molecule has 2 aliphatic heterocycles. The first kappa shape index (κ1) is 31.8. The van der Waals surface area contributed by atoms with Crippen LogP contribution in [-0.2, 0) is 9.47 Å². The first-order chi connectivity index (χ1) is 22.3. The molecule has 0 bridgehead atoms. The van der Waals surface area contributed by atoms with Crippen LogP contribution in [0.1, 0.15) is 20.8 Å². The molecule has 2 fully saturated rings. The minimum Gasteiger partial charge on any atom is -0.492 e. The second-order valence-corrected chi connectivity index (χ2v) is 12.8. The quantitative estimate of drug-likeness (QED) is 0.233. The van der Waals surface area contributed by atoms with E-state index >= 15 is 0 Å². The van der Waals surface area contributed by atoms with E-state index in [2.05, 4.69) is 44.4 Å². The predicted octanol–water partition coefficient (Wildman–Crippen LogP) is 5.84. The Labute approximate surface area is 271 Å². The number of furan rings is 1. The Morgan fingerprint density at radius 3 is 2.30 bits per heavy atom. The highest BCUT2D eigenvalue weighted by Gasteiger charge is 2.26. The molecule has 2 aromatic carbocycles. The third kappa shape index (κ3) is 7.99. The largest absolute Gasteiger partial charge is 0.492 e. The lowest BCUT2D eigenvalue weighted by atomic mass is 9.98. The molecule has 46 heavy (non-hydrogen) atoms. The van der Waals surface area contributed by atoms with Gasteiger partial charge in [-0.15, -0.1) is 0 Å². The molecule has 4 aromatic rings. The van der Waals surface area contributed by atoms with Crippen molar-refractivity contribution in [1.82, 2.24) is 19.7 Å². The van der Waals surface area contributed by atoms with Crippen LogP contribution in [0, 0.1) is 0 Å². The number of anilines is 1. The van der Waals surface area contributed by atoms with Gasteiger partial charge >= 0.3 is 6.09 Å². The molecule has 6 rings (SSSR count). The summed E-state index contributed by atoms with van der Waals surface area (Å²) in [6, 6.07) is 20.5. The van der Waals surface area contributed by atoms with Crippen LogP contribution in [0.4, 0.5) is 10.5 Å². The van der Waals surface area contributed by atoms with E-state index < -0.39 is 5.60 Å². The van der Waals surface area contributed by atoms with Gasteiger partial charge in [-0.05, 0) is 56.7 Å². The molecular weight excluding hydrogens is 582 g/mol. The van der Waals surface area contributed by atoms with Crippen molar-refractivity contribution >= 4 is 22.9 Å². The number of nitrogens with zero attached hydrogens (tertiary/aromatic N) is 4. The minimum atomic E-state index is -0.486. The Kier molecular flexibility index (Phi) is 10.1. The summed E-state index contributed by atoms with van der Waals surface area (Å²) in [6.07, 6.45) is 1.55. The van der Waals surface area contributed by atoms with Crippen LogP contribution >= 0.6 is 0 Å². The summed E-state index contributed by atoms with van der Waals surface area (Å²) in [5.41, 5.74) is 4.13. The number of piperazine rings is 1. The van der Waals surface area contributed by atoms with Crippen LogP contribution in [0.5, 0.6) is 5.75 Å². The van der Waals surface area contributed by atoms with Crippen LogP contribution in [0.3, 0.4) is 0 Å². The molecule has 0 atom stereocenters. The highest BCUT2D eigenvalue weighted by Crippen LogP contribution is 2.43. The summed E-state index contributed by atoms with van der Waals surface area (Å²) in [6.45, 7) is 15.2. The number of morpholine rings is 1. The third-order valence-electron chi connectivity index (χ3n) is 8.32. The average molecular weight is 628 g/mol. The summed E-state index contributed by atoms with van der Waals surface area (Å²) in [5.74, 6) is 1.61. The molecule has 2 saturated heterocycles. The van der Waals surface area contributed by atoms with Crippen LogP contribution in [0.2, 0.25) is 0 Å². The van der Waals surface area contributed by atoms with Crippen LogP contribution < -0.4 is 10.1 Å². The van der Waals surface area contributed by atoms with Crippen LogP contribution in [-0.4, -0.2) is 110 Å². The van der Waals surface area contributed by atoms with Crippen molar-refractivity contribution in [3.63, 3.8) is 0 Å². The lowest BCUT2D eigenvalue weighted by molar-refractivity contribution is 0.0148. The lowest BCUT2D eigenvalue weighted by Crippen LogP contribution is -2.50. The fourth-order valence-corrected chi connectivity index (χ4v) is 5.90. The monoisotopic (exact) mass is 627 g/mol. The summed E-state index contributed by atoms with van der Waals surface area (Å²) in [4.78, 5) is 23.6. The Morgan fingerprint density at radius 1 is 0.870 bits per heavy atom. The maximum atomic E-state index is 12.5. The molecule has 2 aromatic heterocycles. The number of amides is 1. The predicted molar refractivity (Wildman–Crippen MR) is 180 cm³/mol. The number of carbonyl (C=O) groups is 1. The number of pyridine rings is 1. The number of nitrogens with one attached hydrogen (secondary N) is 1. The molecular formula is C36H45N5O5. The van der Waals surface area contributed by atoms with Crippen LogP contribution in [0.15, 0.2) is 71.3 Å². The molecule has 0 radical (unpaired) electrons. The molecule has 10 nitrogen and oxygen atoms in total. The standard InChI is InChI=1S/C36H45N5O5/c1-36(2,3)46-35(42)41-19-17-39(18-20-41)16-15-37-30-13-14-38-34-32(30)31(27-7-5-4-6-8-27)33(45-34)28-9-11-29(12-10-28)44-26-23-40-21-24-43-25-22-40/h4-14H,15-26H2,1-3H3,(H,37,38). The van der Waals surface area contributed by atoms with E-state index in [0.717, 1.165) is 98.3 Å². The van der Waals surface area contributed by atoms with Crippen molar-refractivity contribution in [2.24, 2.45) is 0 Å². The summed E-state index contributed by atoms with van der Waals surface area (Å²) in [5, 5.41) is 4.62. The van der Waals surface area contributed by atoms with E-state index in [1.165, 1.54) is 0 Å². The molecule has 10 heteroatoms. The number of ether oxygens (including phenoxy) is 3. The highest BCUT2D eigenvalue weighted by molar-refractivity contribution is 6.06. The smallest absolute Gasteiger partial charge is 0.410 e. The van der Waals surface area contributed by atoms with Gasteiger partial charge in [-0.1, -0.05) is 30.3 Å². The van der Waals surface area contributed by atoms with Crippen molar-refractivity contribution < 1.29 is 23.4 Å². The zero-order valence-electron chi connectivity index (χ0n) is 27.2. The zero-order valence-corrected chi connectivity index (χ0v) is 27.2. The molecule has 4 heterocycles. The Bertz CT molecular complexity index is 1570. The Balaban J connectivity index is 1.14. The number of rotatable bonds is 10. The van der Waals surface area contributed by atoms with Crippen molar-refractivity contribution in [3.05, 3.63) is 66.9 Å². The topological polar surface area (TPSA) is 92.5 Å². The normalized spacial score (nSPS) is 16.5. The van der Waals surface area contributed by atoms with E-state index in [1.807, 2.05) is 57.2 Å². The number of aromatic nitrogens is 1. The number of hydrogen-bond acceptors (Lipinski definition) is 9. The van der Waals surface area contributed by atoms with Gasteiger partial charge in [0.05, 0.1) is 18.6 Å². The number of hydrogen-bond donors (Lipinski definition) is 1. The molecule has 0 aliphatic carbocycles. The molecule has 2 aliphatic rings. The summed E-state index contributed by atoms with van der Waals surface area (Å²) >= 11 is 0. The minimum absolute atomic E-state index is 0.236. The maximum Gasteiger partial charge on any atom is 0.410 e. The van der Waals surface area contributed by atoms with Gasteiger partial charge in [0.1, 0.15) is 23.7 Å². The first-order valence-corrected chi connectivity index (χ1v) is 16.3. The van der Waals surface area contributed by atoms with Crippen molar-refractivity contribution in [1.29, 1.82) is 0 Å². The van der Waals surface area contributed by atoms with E-state index in [1.54, 1.807) is 11.1 Å². The fraction of sp³-hybridized carbons (Fsp3) is 0.444. The number of benzene rings is 2. The first-order valence-electron chi connectivity index (χ1n) is 16.3. The number of fused-ring (bicyclic) bond motifs is 1. The molecule has 0 spiro atoms. The van der Waals surface area contributed by atoms with Crippen molar-refractivity contribution in [2.45, 2.75) is 26.4 Å². The third-order valence-corrected chi connectivity index (χ3v) is 8.32. The number of carbonyl (C=O) groups excluding carboxylic acids is 1. The highest BCUT2D eigenvalue weighted by atomic mass is 16.6. The molecule has 0 unspecified atom stereocenters. The van der Waals surface area contributed by atoms with Crippen LogP contribution in [0.25, 0.3) is 33.6 Å². The van der Waals surface area contributed by atoms with Gasteiger partial charge < -0.3 is 28.8 Å². The average Bonchev–Trinajstić information content (AvgIpc) is 3.46. The van der Waals surface area contributed by atoms with Gasteiger partial charge in [0.25, 0.3) is 0 Å². The van der Waals surface area contributed by atoms with E-state index in [0.29, 0.717) is 25.4 Å². The second kappa shape index (κ2) is 14.5. The van der Waals surface area contributed by atoms with E-state index in [9.17, 15) is 4.79 Å². The summed E-state index contributed by atoms with van der Waals surface area (Å²) < 4.78 is 23.5. The van der Waals surface area contributed by atoms with E-state index in [4.69, 9.17) is 18.6 Å². The second-order valence-electron chi connectivity index (χ2n) is 12.8. The van der Waals surface area contributed by atoms with Gasteiger partial charge in [0, 0.05) is 81.9 Å². The van der Waals surface area contributed by atoms with Gasteiger partial charge in [-0.2, -0.15) is 0 Å². The summed E-state index contributed by atoms with van der Waals surface area (Å²) in [7, 11) is 0. The van der Waals surface area contributed by atoms with Crippen molar-refractivity contribution in [3.8, 4) is 28.2 Å². The maximum absolute atomic E-state index is 12.5. The SMILES string of the molecule is CC(C)(C)OC(=O)N1CCN(CCNc2ccnc3oc(-c4ccc(OCCN5CCOCC5)cc4)c(-c4ccccc4)c23)CC1. The van der Waals surface area contributed by atoms with Gasteiger partial charge in [-0.3, -0.25) is 9.80 Å². The molecule has 0 saturated carbocycles. The van der Waals surface area contributed by atoms with E-state index in [-0.39, 0.29) is 6.09 Å². The molecule has 1 amide bonds.